The molecular weight excluding hydrogens is 352 g/mol. The van der Waals surface area contributed by atoms with Gasteiger partial charge < -0.3 is 0 Å². The van der Waals surface area contributed by atoms with Crippen LogP contribution < -0.4 is 4.72 Å². The average molecular weight is 365 g/mol. The molecule has 0 unspecified atom stereocenters. The molecule has 2 aromatic carbocycles. The standard InChI is InChI=1S/C16H13ClN2O4S/c17-11-4-3-5-12(10-11)24(22,23)18-8-9-19-15(20)13-6-1-2-7-14(13)16(19)21/h1-7,10,18H,8-9H2. The third-order valence-electron chi connectivity index (χ3n) is 3.61. The predicted molar refractivity (Wildman–Crippen MR) is 88.4 cm³/mol. The van der Waals surface area contributed by atoms with E-state index in [-0.39, 0.29) is 18.0 Å². The molecule has 0 aliphatic carbocycles. The Balaban J connectivity index is 1.67. The number of sulfonamides is 1. The third-order valence-corrected chi connectivity index (χ3v) is 5.31. The van der Waals surface area contributed by atoms with Gasteiger partial charge in [-0.1, -0.05) is 29.8 Å². The Bertz CT molecular complexity index is 892. The molecule has 1 aliphatic heterocycles. The first-order chi connectivity index (χ1) is 11.4. The maximum absolute atomic E-state index is 12.2. The second kappa shape index (κ2) is 6.35. The van der Waals surface area contributed by atoms with Gasteiger partial charge in [-0.2, -0.15) is 0 Å². The summed E-state index contributed by atoms with van der Waals surface area (Å²) in [5.41, 5.74) is 0.667. The fourth-order valence-corrected chi connectivity index (χ4v) is 3.77. The van der Waals surface area contributed by atoms with Gasteiger partial charge in [0.05, 0.1) is 16.0 Å². The van der Waals surface area contributed by atoms with Crippen molar-refractivity contribution in [1.82, 2.24) is 9.62 Å². The van der Waals surface area contributed by atoms with Crippen molar-refractivity contribution in [3.63, 3.8) is 0 Å². The van der Waals surface area contributed by atoms with Crippen molar-refractivity contribution in [3.8, 4) is 0 Å². The fraction of sp³-hybridized carbons (Fsp3) is 0.125. The van der Waals surface area contributed by atoms with Crippen LogP contribution in [0.3, 0.4) is 0 Å². The molecule has 0 saturated heterocycles. The van der Waals surface area contributed by atoms with E-state index in [1.54, 1.807) is 30.3 Å². The molecule has 3 rings (SSSR count). The topological polar surface area (TPSA) is 83.6 Å². The molecule has 0 aromatic heterocycles. The number of carbonyl (C=O) groups is 2. The van der Waals surface area contributed by atoms with Gasteiger partial charge in [-0.05, 0) is 30.3 Å². The summed E-state index contributed by atoms with van der Waals surface area (Å²) in [7, 11) is -3.76. The van der Waals surface area contributed by atoms with Gasteiger partial charge in [0.25, 0.3) is 11.8 Å². The summed E-state index contributed by atoms with van der Waals surface area (Å²) in [6, 6.07) is 12.3. The van der Waals surface area contributed by atoms with Crippen molar-refractivity contribution in [2.45, 2.75) is 4.90 Å². The Labute approximate surface area is 144 Å². The Morgan fingerprint density at radius 2 is 1.58 bits per heavy atom. The van der Waals surface area contributed by atoms with E-state index in [1.165, 1.54) is 18.2 Å². The summed E-state index contributed by atoms with van der Waals surface area (Å²) in [4.78, 5) is 25.4. The van der Waals surface area contributed by atoms with Crippen LogP contribution in [0.2, 0.25) is 5.02 Å². The molecule has 24 heavy (non-hydrogen) atoms. The van der Waals surface area contributed by atoms with Gasteiger partial charge in [-0.25, -0.2) is 13.1 Å². The van der Waals surface area contributed by atoms with E-state index >= 15 is 0 Å². The zero-order chi connectivity index (χ0) is 17.3. The van der Waals surface area contributed by atoms with Crippen molar-refractivity contribution in [2.75, 3.05) is 13.1 Å². The molecule has 0 radical (unpaired) electrons. The lowest BCUT2D eigenvalue weighted by Gasteiger charge is -2.14. The van der Waals surface area contributed by atoms with Crippen molar-refractivity contribution in [1.29, 1.82) is 0 Å². The van der Waals surface area contributed by atoms with Gasteiger partial charge in [0.1, 0.15) is 0 Å². The monoisotopic (exact) mass is 364 g/mol. The zero-order valence-electron chi connectivity index (χ0n) is 12.4. The number of benzene rings is 2. The number of fused-ring (bicyclic) bond motifs is 1. The summed E-state index contributed by atoms with van der Waals surface area (Å²) >= 11 is 5.79. The summed E-state index contributed by atoms with van der Waals surface area (Å²) in [5.74, 6) is -0.838. The number of carbonyl (C=O) groups excluding carboxylic acids is 2. The number of nitrogens with one attached hydrogen (secondary N) is 1. The SMILES string of the molecule is O=C1c2ccccc2C(=O)N1CCNS(=O)(=O)c1cccc(Cl)c1. The highest BCUT2D eigenvalue weighted by Crippen LogP contribution is 2.22. The molecule has 0 spiro atoms. The Morgan fingerprint density at radius 1 is 0.958 bits per heavy atom. The first-order valence-electron chi connectivity index (χ1n) is 7.10. The van der Waals surface area contributed by atoms with Crippen molar-refractivity contribution < 1.29 is 18.0 Å². The van der Waals surface area contributed by atoms with Gasteiger partial charge in [0, 0.05) is 18.1 Å². The van der Waals surface area contributed by atoms with E-state index < -0.39 is 21.8 Å². The number of rotatable bonds is 5. The molecule has 0 bridgehead atoms. The average Bonchev–Trinajstić information content (AvgIpc) is 2.80. The number of amides is 2. The number of imide groups is 1. The van der Waals surface area contributed by atoms with Gasteiger partial charge >= 0.3 is 0 Å². The highest BCUT2D eigenvalue weighted by molar-refractivity contribution is 7.89. The Hall–Kier alpha value is -2.22. The molecule has 124 valence electrons. The van der Waals surface area contributed by atoms with Crippen LogP contribution in [0.25, 0.3) is 0 Å². The minimum Gasteiger partial charge on any atom is -0.273 e. The van der Waals surface area contributed by atoms with Crippen LogP contribution in [-0.4, -0.2) is 38.2 Å². The largest absolute Gasteiger partial charge is 0.273 e. The molecule has 2 aromatic rings. The minimum absolute atomic E-state index is 0.0253. The van der Waals surface area contributed by atoms with Crippen molar-refractivity contribution in [3.05, 3.63) is 64.7 Å². The normalized spacial score (nSPS) is 14.1. The first kappa shape index (κ1) is 16.6. The Morgan fingerprint density at radius 3 is 2.17 bits per heavy atom. The number of halogens is 1. The van der Waals surface area contributed by atoms with E-state index in [9.17, 15) is 18.0 Å². The van der Waals surface area contributed by atoms with Gasteiger partial charge in [0.15, 0.2) is 0 Å². The van der Waals surface area contributed by atoms with E-state index in [0.717, 1.165) is 4.90 Å². The lowest BCUT2D eigenvalue weighted by Crippen LogP contribution is -2.38. The molecule has 0 atom stereocenters. The lowest BCUT2D eigenvalue weighted by atomic mass is 10.1. The zero-order valence-corrected chi connectivity index (χ0v) is 14.0. The first-order valence-corrected chi connectivity index (χ1v) is 8.97. The quantitative estimate of drug-likeness (QED) is 0.821. The highest BCUT2D eigenvalue weighted by Gasteiger charge is 2.34. The minimum atomic E-state index is -3.76. The van der Waals surface area contributed by atoms with Gasteiger partial charge in [-0.3, -0.25) is 14.5 Å². The maximum atomic E-state index is 12.2. The molecule has 6 nitrogen and oxygen atoms in total. The molecule has 8 heteroatoms. The number of hydrogen-bond acceptors (Lipinski definition) is 4. The van der Waals surface area contributed by atoms with Gasteiger partial charge in [0.2, 0.25) is 10.0 Å². The fourth-order valence-electron chi connectivity index (χ4n) is 2.45. The van der Waals surface area contributed by atoms with Crippen LogP contribution in [0.1, 0.15) is 20.7 Å². The second-order valence-corrected chi connectivity index (χ2v) is 7.37. The maximum Gasteiger partial charge on any atom is 0.261 e. The summed E-state index contributed by atoms with van der Waals surface area (Å²) in [5, 5.41) is 0.304. The van der Waals surface area contributed by atoms with Crippen LogP contribution in [-0.2, 0) is 10.0 Å². The summed E-state index contributed by atoms with van der Waals surface area (Å²) in [6.45, 7) is -0.132. The molecule has 0 fully saturated rings. The van der Waals surface area contributed by atoms with Crippen LogP contribution >= 0.6 is 11.6 Å². The molecule has 1 aliphatic rings. The van der Waals surface area contributed by atoms with Crippen LogP contribution in [0, 0.1) is 0 Å². The third kappa shape index (κ3) is 3.06. The second-order valence-electron chi connectivity index (χ2n) is 5.16. The summed E-state index contributed by atoms with van der Waals surface area (Å²) in [6.07, 6.45) is 0. The van der Waals surface area contributed by atoms with Gasteiger partial charge in [-0.15, -0.1) is 0 Å². The smallest absolute Gasteiger partial charge is 0.261 e. The van der Waals surface area contributed by atoms with Crippen LogP contribution in [0.15, 0.2) is 53.4 Å². The van der Waals surface area contributed by atoms with E-state index in [2.05, 4.69) is 4.72 Å². The molecule has 0 saturated carbocycles. The van der Waals surface area contributed by atoms with Crippen molar-refractivity contribution >= 4 is 33.4 Å². The van der Waals surface area contributed by atoms with Crippen LogP contribution in [0.4, 0.5) is 0 Å². The van der Waals surface area contributed by atoms with E-state index in [4.69, 9.17) is 11.6 Å². The molecule has 2 amide bonds. The molecule has 1 heterocycles. The van der Waals surface area contributed by atoms with Crippen molar-refractivity contribution in [2.24, 2.45) is 0 Å². The molecule has 1 N–H and O–H groups in total. The lowest BCUT2D eigenvalue weighted by molar-refractivity contribution is 0.0657. The molecular formula is C16H13ClN2O4S. The number of nitrogens with zero attached hydrogens (tertiary/aromatic N) is 1. The predicted octanol–water partition coefficient (Wildman–Crippen LogP) is 1.91. The van der Waals surface area contributed by atoms with E-state index in [0.29, 0.717) is 16.1 Å². The van der Waals surface area contributed by atoms with Crippen LogP contribution in [0.5, 0.6) is 0 Å². The summed E-state index contributed by atoms with van der Waals surface area (Å²) < 4.78 is 26.7. The Kier molecular flexibility index (Phi) is 4.40. The number of hydrogen-bond donors (Lipinski definition) is 1. The highest BCUT2D eigenvalue weighted by atomic mass is 35.5. The van der Waals surface area contributed by atoms with E-state index in [1.807, 2.05) is 0 Å².